The van der Waals surface area contributed by atoms with Gasteiger partial charge in [0.1, 0.15) is 11.6 Å². The van der Waals surface area contributed by atoms with Gasteiger partial charge in [0.05, 0.1) is 23.5 Å². The van der Waals surface area contributed by atoms with Crippen molar-refractivity contribution in [2.75, 3.05) is 11.9 Å². The van der Waals surface area contributed by atoms with E-state index in [1.165, 1.54) is 18.2 Å². The van der Waals surface area contributed by atoms with Crippen LogP contribution in [0, 0.1) is 11.6 Å². The van der Waals surface area contributed by atoms with E-state index >= 15 is 0 Å². The minimum Gasteiger partial charge on any atom is -0.330 e. The first-order valence-corrected chi connectivity index (χ1v) is 11.6. The summed E-state index contributed by atoms with van der Waals surface area (Å²) < 4.78 is 29.4. The minimum absolute atomic E-state index is 0.0557. The molecule has 5 rings (SSSR count). The molecule has 0 saturated carbocycles. The molecular weight excluding hydrogens is 484 g/mol. The van der Waals surface area contributed by atoms with Gasteiger partial charge in [-0.25, -0.2) is 18.7 Å². The van der Waals surface area contributed by atoms with Gasteiger partial charge in [0.25, 0.3) is 0 Å². The van der Waals surface area contributed by atoms with Crippen LogP contribution in [0.5, 0.6) is 0 Å². The third-order valence-electron chi connectivity index (χ3n) is 5.78. The summed E-state index contributed by atoms with van der Waals surface area (Å²) in [6.45, 7) is 0.392. The van der Waals surface area contributed by atoms with Crippen molar-refractivity contribution in [3.05, 3.63) is 106 Å². The fourth-order valence-corrected chi connectivity index (χ4v) is 4.27. The molecule has 0 fully saturated rings. The van der Waals surface area contributed by atoms with E-state index in [0.717, 1.165) is 0 Å². The average Bonchev–Trinajstić information content (AvgIpc) is 3.01. The molecule has 2 heterocycles. The van der Waals surface area contributed by atoms with Gasteiger partial charge < -0.3 is 11.1 Å². The van der Waals surface area contributed by atoms with E-state index in [0.29, 0.717) is 44.6 Å². The Hall–Kier alpha value is -4.01. The minimum atomic E-state index is -0.719. The first kappa shape index (κ1) is 23.7. The first-order valence-electron chi connectivity index (χ1n) is 11.2. The Morgan fingerprint density at radius 1 is 1.03 bits per heavy atom. The number of carbonyl (C=O) groups is 1. The van der Waals surface area contributed by atoms with E-state index in [2.05, 4.69) is 15.3 Å². The molecule has 0 atom stereocenters. The molecule has 0 unspecified atom stereocenters. The van der Waals surface area contributed by atoms with Crippen molar-refractivity contribution in [1.82, 2.24) is 9.97 Å². The highest BCUT2D eigenvalue weighted by atomic mass is 35.5. The molecule has 0 amide bonds. The van der Waals surface area contributed by atoms with Crippen molar-refractivity contribution in [2.45, 2.75) is 13.0 Å². The van der Waals surface area contributed by atoms with Crippen LogP contribution in [0.15, 0.2) is 71.9 Å². The van der Waals surface area contributed by atoms with Gasteiger partial charge in [-0.3, -0.25) is 9.79 Å². The SMILES string of the molecule is NCCC(=O)c1cccc(Nc2ncc3c(n2)-c2ccc(Cl)cc2C(c2c(F)cccc2F)=NC3)c1. The van der Waals surface area contributed by atoms with Crippen LogP contribution in [0.2, 0.25) is 5.02 Å². The second kappa shape index (κ2) is 9.93. The molecule has 6 nitrogen and oxygen atoms in total. The number of benzene rings is 3. The zero-order valence-electron chi connectivity index (χ0n) is 18.9. The lowest BCUT2D eigenvalue weighted by Gasteiger charge is -2.13. The molecular formula is C27H20ClF2N5O. The number of carbonyl (C=O) groups excluding carboxylic acids is 1. The Kier molecular flexibility index (Phi) is 6.54. The molecule has 0 radical (unpaired) electrons. The van der Waals surface area contributed by atoms with Crippen LogP contribution in [0.1, 0.15) is 33.5 Å². The van der Waals surface area contributed by atoms with Crippen LogP contribution in [0.3, 0.4) is 0 Å². The Morgan fingerprint density at radius 3 is 2.58 bits per heavy atom. The number of aliphatic imine (C=N–C) groups is 1. The van der Waals surface area contributed by atoms with Gasteiger partial charge in [-0.05, 0) is 42.9 Å². The van der Waals surface area contributed by atoms with Gasteiger partial charge in [-0.2, -0.15) is 0 Å². The number of hydrogen-bond acceptors (Lipinski definition) is 6. The smallest absolute Gasteiger partial charge is 0.227 e. The largest absolute Gasteiger partial charge is 0.330 e. The zero-order chi connectivity index (χ0) is 25.2. The van der Waals surface area contributed by atoms with E-state index in [9.17, 15) is 13.6 Å². The molecule has 36 heavy (non-hydrogen) atoms. The maximum absolute atomic E-state index is 14.7. The van der Waals surface area contributed by atoms with E-state index in [-0.39, 0.29) is 36.6 Å². The molecule has 0 aliphatic carbocycles. The van der Waals surface area contributed by atoms with Gasteiger partial charge in [0.2, 0.25) is 5.95 Å². The summed E-state index contributed by atoms with van der Waals surface area (Å²) in [6, 6.07) is 15.7. The molecule has 9 heteroatoms. The number of halogens is 3. The maximum atomic E-state index is 14.7. The summed E-state index contributed by atoms with van der Waals surface area (Å²) in [5, 5.41) is 3.52. The van der Waals surface area contributed by atoms with Gasteiger partial charge in [-0.1, -0.05) is 35.9 Å². The lowest BCUT2D eigenvalue weighted by molar-refractivity contribution is 0.0985. The van der Waals surface area contributed by atoms with Gasteiger partial charge in [0, 0.05) is 45.6 Å². The van der Waals surface area contributed by atoms with E-state index in [4.69, 9.17) is 22.3 Å². The highest BCUT2D eigenvalue weighted by Gasteiger charge is 2.25. The molecule has 0 bridgehead atoms. The highest BCUT2D eigenvalue weighted by Crippen LogP contribution is 2.34. The standard InChI is InChI=1S/C27H20ClF2N5O/c28-17-7-8-19-20(12-17)26(24-21(29)5-2-6-22(24)30)32-13-16-14-33-27(35-25(16)19)34-18-4-1-3-15(11-18)23(36)9-10-31/h1-8,11-12,14H,9-10,13,31H2,(H,33,34,35). The van der Waals surface area contributed by atoms with Crippen LogP contribution < -0.4 is 11.1 Å². The number of aromatic nitrogens is 2. The van der Waals surface area contributed by atoms with Crippen molar-refractivity contribution < 1.29 is 13.6 Å². The highest BCUT2D eigenvalue weighted by molar-refractivity contribution is 6.31. The van der Waals surface area contributed by atoms with Crippen molar-refractivity contribution in [3.8, 4) is 11.3 Å². The van der Waals surface area contributed by atoms with Crippen LogP contribution in [-0.2, 0) is 6.54 Å². The van der Waals surface area contributed by atoms with Gasteiger partial charge in [0.15, 0.2) is 5.78 Å². The lowest BCUT2D eigenvalue weighted by Crippen LogP contribution is -2.10. The number of fused-ring (bicyclic) bond motifs is 3. The summed E-state index contributed by atoms with van der Waals surface area (Å²) in [4.78, 5) is 25.8. The molecule has 4 aromatic rings. The number of nitrogens with two attached hydrogens (primary N) is 1. The summed E-state index contributed by atoms with van der Waals surface area (Å²) in [7, 11) is 0. The van der Waals surface area contributed by atoms with Crippen LogP contribution >= 0.6 is 11.6 Å². The molecule has 1 aromatic heterocycles. The number of anilines is 2. The second-order valence-corrected chi connectivity index (χ2v) is 8.62. The fourth-order valence-electron chi connectivity index (χ4n) is 4.10. The van der Waals surface area contributed by atoms with Crippen molar-refractivity contribution in [3.63, 3.8) is 0 Å². The molecule has 1 aliphatic heterocycles. The molecule has 3 N–H and O–H groups in total. The van der Waals surface area contributed by atoms with Gasteiger partial charge in [-0.15, -0.1) is 0 Å². The number of ketones is 1. The normalized spacial score (nSPS) is 12.3. The van der Waals surface area contributed by atoms with Crippen molar-refractivity contribution >= 4 is 34.7 Å². The third-order valence-corrected chi connectivity index (χ3v) is 6.01. The molecule has 0 saturated heterocycles. The van der Waals surface area contributed by atoms with Gasteiger partial charge >= 0.3 is 0 Å². The predicted octanol–water partition coefficient (Wildman–Crippen LogP) is 5.70. The lowest BCUT2D eigenvalue weighted by atomic mass is 9.95. The van der Waals surface area contributed by atoms with E-state index in [1.54, 1.807) is 48.7 Å². The van der Waals surface area contributed by atoms with Crippen molar-refractivity contribution in [1.29, 1.82) is 0 Å². The Bertz CT molecular complexity index is 1500. The number of Topliss-reactive ketones (excluding diaryl/α,β-unsaturated/α-hetero) is 1. The summed E-state index contributed by atoms with van der Waals surface area (Å²) >= 11 is 6.27. The summed E-state index contributed by atoms with van der Waals surface area (Å²) in [5.74, 6) is -1.20. The quantitative estimate of drug-likeness (QED) is 0.329. The third kappa shape index (κ3) is 4.60. The summed E-state index contributed by atoms with van der Waals surface area (Å²) in [5.41, 5.74) is 8.92. The second-order valence-electron chi connectivity index (χ2n) is 8.19. The van der Waals surface area contributed by atoms with Crippen LogP contribution in [0.4, 0.5) is 20.4 Å². The topological polar surface area (TPSA) is 93.3 Å². The molecule has 1 aliphatic rings. The number of nitrogens with zero attached hydrogens (tertiary/aromatic N) is 3. The fraction of sp³-hybridized carbons (Fsp3) is 0.111. The predicted molar refractivity (Wildman–Crippen MR) is 136 cm³/mol. The van der Waals surface area contributed by atoms with Crippen molar-refractivity contribution in [2.24, 2.45) is 10.7 Å². The van der Waals surface area contributed by atoms with Crippen LogP contribution in [-0.4, -0.2) is 28.0 Å². The van der Waals surface area contributed by atoms with E-state index < -0.39 is 11.6 Å². The monoisotopic (exact) mass is 503 g/mol. The number of rotatable bonds is 6. The van der Waals surface area contributed by atoms with E-state index in [1.807, 2.05) is 0 Å². The summed E-state index contributed by atoms with van der Waals surface area (Å²) in [6.07, 6.45) is 1.87. The number of hydrogen-bond donors (Lipinski definition) is 2. The molecule has 180 valence electrons. The molecule has 3 aromatic carbocycles. The Balaban J connectivity index is 1.56. The van der Waals surface area contributed by atoms with Crippen LogP contribution in [0.25, 0.3) is 11.3 Å². The molecule has 0 spiro atoms. The first-order chi connectivity index (χ1) is 17.4. The average molecular weight is 504 g/mol. The number of nitrogens with one attached hydrogen (secondary N) is 1. The Morgan fingerprint density at radius 2 is 1.81 bits per heavy atom. The zero-order valence-corrected chi connectivity index (χ0v) is 19.7. The Labute approximate surface area is 210 Å². The maximum Gasteiger partial charge on any atom is 0.227 e.